The molecular formula is C16H19FN2O5S. The lowest BCUT2D eigenvalue weighted by atomic mass is 10.0. The third-order valence-electron chi connectivity index (χ3n) is 4.77. The molecule has 2 aliphatic rings. The van der Waals surface area contributed by atoms with Gasteiger partial charge < -0.3 is 10.0 Å². The Morgan fingerprint density at radius 2 is 1.84 bits per heavy atom. The fraction of sp³-hybridized carbons (Fsp3) is 0.500. The van der Waals surface area contributed by atoms with Crippen LogP contribution in [-0.4, -0.2) is 78.4 Å². The number of carboxylic acid groups (broad SMARTS) is 1. The standard InChI is InChI=1S/C16H19FN2O5S/c17-12-4-2-1-3-11(12)16(22)19-8-7-18(6-5-15(20)21)13-9-25(23,24)10-14(13)19/h1-4,13-14H,5-10H2,(H,20,21)/t13-,14+/m0/s1. The van der Waals surface area contributed by atoms with E-state index in [1.165, 1.54) is 23.1 Å². The van der Waals surface area contributed by atoms with Crippen LogP contribution in [0.15, 0.2) is 24.3 Å². The van der Waals surface area contributed by atoms with Gasteiger partial charge in [-0.2, -0.15) is 0 Å². The Morgan fingerprint density at radius 1 is 1.16 bits per heavy atom. The first-order chi connectivity index (χ1) is 11.8. The number of aliphatic carboxylic acids is 1. The Balaban J connectivity index is 1.85. The summed E-state index contributed by atoms with van der Waals surface area (Å²) in [6.07, 6.45) is -0.0927. The van der Waals surface area contributed by atoms with E-state index in [-0.39, 0.29) is 36.6 Å². The van der Waals surface area contributed by atoms with Crippen LogP contribution in [0.1, 0.15) is 16.8 Å². The van der Waals surface area contributed by atoms with Gasteiger partial charge in [-0.3, -0.25) is 14.5 Å². The summed E-state index contributed by atoms with van der Waals surface area (Å²) >= 11 is 0. The Bertz CT molecular complexity index is 797. The number of hydrogen-bond acceptors (Lipinski definition) is 5. The van der Waals surface area contributed by atoms with Crippen LogP contribution in [0.3, 0.4) is 0 Å². The largest absolute Gasteiger partial charge is 0.481 e. The molecule has 2 atom stereocenters. The van der Waals surface area contributed by atoms with Crippen molar-refractivity contribution in [3.8, 4) is 0 Å². The Kier molecular flexibility index (Phi) is 4.79. The van der Waals surface area contributed by atoms with Crippen molar-refractivity contribution in [3.63, 3.8) is 0 Å². The number of nitrogens with zero attached hydrogens (tertiary/aromatic N) is 2. The fourth-order valence-electron chi connectivity index (χ4n) is 3.58. The molecular weight excluding hydrogens is 351 g/mol. The van der Waals surface area contributed by atoms with Gasteiger partial charge in [-0.05, 0) is 12.1 Å². The van der Waals surface area contributed by atoms with Crippen molar-refractivity contribution in [3.05, 3.63) is 35.6 Å². The van der Waals surface area contributed by atoms with Gasteiger partial charge in [0.15, 0.2) is 9.84 Å². The summed E-state index contributed by atoms with van der Waals surface area (Å²) in [5.41, 5.74) is -0.0791. The monoisotopic (exact) mass is 370 g/mol. The molecule has 2 aliphatic heterocycles. The second-order valence-corrected chi connectivity index (χ2v) is 8.52. The number of carbonyl (C=O) groups is 2. The first kappa shape index (κ1) is 17.8. The lowest BCUT2D eigenvalue weighted by Crippen LogP contribution is -2.60. The average Bonchev–Trinajstić information content (AvgIpc) is 2.87. The van der Waals surface area contributed by atoms with E-state index in [1.54, 1.807) is 6.07 Å². The van der Waals surface area contributed by atoms with Crippen LogP contribution in [0.4, 0.5) is 4.39 Å². The van der Waals surface area contributed by atoms with Gasteiger partial charge in [-0.25, -0.2) is 12.8 Å². The zero-order valence-electron chi connectivity index (χ0n) is 13.5. The van der Waals surface area contributed by atoms with Gasteiger partial charge in [0.2, 0.25) is 0 Å². The molecule has 1 amide bonds. The molecule has 2 heterocycles. The highest BCUT2D eigenvalue weighted by atomic mass is 32.2. The smallest absolute Gasteiger partial charge is 0.304 e. The zero-order chi connectivity index (χ0) is 18.2. The van der Waals surface area contributed by atoms with Gasteiger partial charge in [-0.15, -0.1) is 0 Å². The van der Waals surface area contributed by atoms with Crippen molar-refractivity contribution in [2.45, 2.75) is 18.5 Å². The van der Waals surface area contributed by atoms with Gasteiger partial charge in [-0.1, -0.05) is 12.1 Å². The summed E-state index contributed by atoms with van der Waals surface area (Å²) in [7, 11) is -3.34. The third-order valence-corrected chi connectivity index (χ3v) is 6.47. The Labute approximate surface area is 144 Å². The topological polar surface area (TPSA) is 95.0 Å². The van der Waals surface area contributed by atoms with E-state index < -0.39 is 39.6 Å². The first-order valence-corrected chi connectivity index (χ1v) is 9.82. The second-order valence-electron chi connectivity index (χ2n) is 6.37. The number of benzene rings is 1. The molecule has 1 N–H and O–H groups in total. The molecule has 0 bridgehead atoms. The van der Waals surface area contributed by atoms with Crippen LogP contribution in [0, 0.1) is 5.82 Å². The van der Waals surface area contributed by atoms with E-state index in [1.807, 2.05) is 4.90 Å². The molecule has 0 saturated carbocycles. The molecule has 136 valence electrons. The quantitative estimate of drug-likeness (QED) is 0.815. The number of rotatable bonds is 4. The fourth-order valence-corrected chi connectivity index (χ4v) is 5.60. The van der Waals surface area contributed by atoms with E-state index in [0.29, 0.717) is 6.54 Å². The van der Waals surface area contributed by atoms with Crippen molar-refractivity contribution in [1.29, 1.82) is 0 Å². The Hall–Kier alpha value is -2.00. The minimum absolute atomic E-state index is 0.0791. The lowest BCUT2D eigenvalue weighted by Gasteiger charge is -2.43. The van der Waals surface area contributed by atoms with Crippen molar-refractivity contribution in [2.24, 2.45) is 0 Å². The maximum Gasteiger partial charge on any atom is 0.304 e. The number of sulfone groups is 1. The molecule has 0 unspecified atom stereocenters. The highest BCUT2D eigenvalue weighted by Crippen LogP contribution is 2.28. The van der Waals surface area contributed by atoms with Crippen LogP contribution < -0.4 is 0 Å². The van der Waals surface area contributed by atoms with Crippen LogP contribution in [0.2, 0.25) is 0 Å². The van der Waals surface area contributed by atoms with Crippen LogP contribution >= 0.6 is 0 Å². The molecule has 1 aromatic carbocycles. The minimum atomic E-state index is -3.34. The zero-order valence-corrected chi connectivity index (χ0v) is 14.3. The Morgan fingerprint density at radius 3 is 2.52 bits per heavy atom. The summed E-state index contributed by atoms with van der Waals surface area (Å²) in [5.74, 6) is -2.41. The molecule has 2 fully saturated rings. The molecule has 9 heteroatoms. The summed E-state index contributed by atoms with van der Waals surface area (Å²) < 4.78 is 38.1. The van der Waals surface area contributed by atoms with Gasteiger partial charge >= 0.3 is 5.97 Å². The highest BCUT2D eigenvalue weighted by molar-refractivity contribution is 7.91. The van der Waals surface area contributed by atoms with Crippen molar-refractivity contribution in [1.82, 2.24) is 9.80 Å². The molecule has 0 aromatic heterocycles. The minimum Gasteiger partial charge on any atom is -0.481 e. The van der Waals surface area contributed by atoms with Crippen LogP contribution in [0.5, 0.6) is 0 Å². The number of hydrogen-bond donors (Lipinski definition) is 1. The summed E-state index contributed by atoms with van der Waals surface area (Å²) in [6, 6.07) is 4.58. The third kappa shape index (κ3) is 3.67. The molecule has 3 rings (SSSR count). The number of carbonyl (C=O) groups excluding carboxylic acids is 1. The predicted octanol–water partition coefficient (Wildman–Crippen LogP) is 0.224. The van der Waals surface area contributed by atoms with Gasteiger partial charge in [0.05, 0.1) is 29.5 Å². The van der Waals surface area contributed by atoms with Crippen LogP contribution in [-0.2, 0) is 14.6 Å². The summed E-state index contributed by atoms with van der Waals surface area (Å²) in [5, 5.41) is 8.86. The lowest BCUT2D eigenvalue weighted by molar-refractivity contribution is -0.137. The van der Waals surface area contributed by atoms with Crippen molar-refractivity contribution >= 4 is 21.7 Å². The maximum absolute atomic E-state index is 13.9. The number of amides is 1. The molecule has 0 spiro atoms. The molecule has 0 aliphatic carbocycles. The van der Waals surface area contributed by atoms with E-state index in [9.17, 15) is 22.4 Å². The highest BCUT2D eigenvalue weighted by Gasteiger charge is 2.48. The maximum atomic E-state index is 13.9. The van der Waals surface area contributed by atoms with E-state index >= 15 is 0 Å². The van der Waals surface area contributed by atoms with E-state index in [2.05, 4.69) is 0 Å². The van der Waals surface area contributed by atoms with Crippen molar-refractivity contribution in [2.75, 3.05) is 31.1 Å². The number of fused-ring (bicyclic) bond motifs is 1. The van der Waals surface area contributed by atoms with Gasteiger partial charge in [0.25, 0.3) is 5.91 Å². The normalized spacial score (nSPS) is 25.6. The van der Waals surface area contributed by atoms with Crippen LogP contribution in [0.25, 0.3) is 0 Å². The molecule has 0 radical (unpaired) electrons. The second kappa shape index (κ2) is 6.72. The predicted molar refractivity (Wildman–Crippen MR) is 87.5 cm³/mol. The SMILES string of the molecule is O=C(O)CCN1CCN(C(=O)c2ccccc2F)[C@@H]2CS(=O)(=O)C[C@@H]21. The molecule has 25 heavy (non-hydrogen) atoms. The van der Waals surface area contributed by atoms with Gasteiger partial charge in [0, 0.05) is 25.7 Å². The number of piperazine rings is 1. The first-order valence-electron chi connectivity index (χ1n) is 8.00. The average molecular weight is 370 g/mol. The molecule has 7 nitrogen and oxygen atoms in total. The number of halogens is 1. The van der Waals surface area contributed by atoms with E-state index in [4.69, 9.17) is 5.11 Å². The van der Waals surface area contributed by atoms with Crippen molar-refractivity contribution < 1.29 is 27.5 Å². The number of carboxylic acids is 1. The van der Waals surface area contributed by atoms with Gasteiger partial charge in [0.1, 0.15) is 5.82 Å². The molecule has 1 aromatic rings. The molecule has 2 saturated heterocycles. The van der Waals surface area contributed by atoms with E-state index in [0.717, 1.165) is 0 Å². The summed E-state index contributed by atoms with van der Waals surface area (Å²) in [4.78, 5) is 26.8. The summed E-state index contributed by atoms with van der Waals surface area (Å²) in [6.45, 7) is 0.835.